The molecule has 3 aromatic carbocycles. The topological polar surface area (TPSA) is 43.6 Å². The van der Waals surface area contributed by atoms with Gasteiger partial charge >= 0.3 is 0 Å². The maximum absolute atomic E-state index is 5.45. The first kappa shape index (κ1) is 25.0. The van der Waals surface area contributed by atoms with Crippen molar-refractivity contribution >= 4 is 15.9 Å². The molecule has 0 atom stereocenters. The highest BCUT2D eigenvalue weighted by molar-refractivity contribution is 9.10. The quantitative estimate of drug-likeness (QED) is 0.149. The molecule has 0 saturated heterocycles. The van der Waals surface area contributed by atoms with Crippen LogP contribution in [0.1, 0.15) is 28.1 Å². The van der Waals surface area contributed by atoms with Crippen LogP contribution in [0.15, 0.2) is 132 Å². The third-order valence-corrected chi connectivity index (χ3v) is 7.59. The largest absolute Gasteiger partial charge is 0.251 e. The molecule has 39 heavy (non-hydrogen) atoms. The first-order valence-corrected chi connectivity index (χ1v) is 13.7. The molecule has 3 heterocycles. The third kappa shape index (κ3) is 4.39. The van der Waals surface area contributed by atoms with Crippen LogP contribution in [0.5, 0.6) is 0 Å². The number of hydrogen-bond donors (Lipinski definition) is 0. The van der Waals surface area contributed by atoms with Crippen LogP contribution < -0.4 is 0 Å². The number of aryl methyl sites for hydroxylation is 1. The number of nitrogens with zero attached hydrogens (tertiary/aromatic N) is 4. The highest BCUT2D eigenvalue weighted by Gasteiger charge is 2.41. The van der Waals surface area contributed by atoms with Crippen LogP contribution in [0.3, 0.4) is 0 Å². The van der Waals surface area contributed by atoms with Crippen molar-refractivity contribution in [2.75, 3.05) is 0 Å². The first-order valence-electron chi connectivity index (χ1n) is 12.9. The number of rotatable bonds is 6. The maximum atomic E-state index is 5.45. The van der Waals surface area contributed by atoms with E-state index in [0.717, 1.165) is 55.2 Å². The van der Waals surface area contributed by atoms with Crippen LogP contribution in [0.4, 0.5) is 0 Å². The minimum atomic E-state index is -0.727. The van der Waals surface area contributed by atoms with E-state index in [4.69, 9.17) is 10.1 Å². The van der Waals surface area contributed by atoms with Crippen molar-refractivity contribution in [1.29, 1.82) is 0 Å². The summed E-state index contributed by atoms with van der Waals surface area (Å²) in [5.74, 6) is 0. The molecule has 5 heteroatoms. The molecule has 0 fully saturated rings. The molecule has 4 nitrogen and oxygen atoms in total. The van der Waals surface area contributed by atoms with Crippen LogP contribution in [-0.2, 0) is 5.54 Å². The Morgan fingerprint density at radius 3 is 1.74 bits per heavy atom. The second-order valence-electron chi connectivity index (χ2n) is 9.56. The second-order valence-corrected chi connectivity index (χ2v) is 10.4. The van der Waals surface area contributed by atoms with Crippen LogP contribution in [-0.4, -0.2) is 19.7 Å². The van der Waals surface area contributed by atoms with Crippen LogP contribution in [0, 0.1) is 13.8 Å². The van der Waals surface area contributed by atoms with E-state index >= 15 is 0 Å². The summed E-state index contributed by atoms with van der Waals surface area (Å²) in [4.78, 5) is 9.29. The molecule has 0 radical (unpaired) electrons. The molecule has 6 rings (SSSR count). The maximum Gasteiger partial charge on any atom is 0.138 e. The molecule has 0 bridgehead atoms. The van der Waals surface area contributed by atoms with E-state index in [2.05, 4.69) is 124 Å². The fourth-order valence-corrected chi connectivity index (χ4v) is 5.86. The minimum absolute atomic E-state index is 0.727. The van der Waals surface area contributed by atoms with E-state index in [1.807, 2.05) is 43.5 Å². The Morgan fingerprint density at radius 1 is 0.667 bits per heavy atom. The van der Waals surface area contributed by atoms with E-state index in [9.17, 15) is 0 Å². The predicted octanol–water partition coefficient (Wildman–Crippen LogP) is 8.23. The average molecular weight is 572 g/mol. The van der Waals surface area contributed by atoms with Gasteiger partial charge in [0.15, 0.2) is 0 Å². The van der Waals surface area contributed by atoms with Gasteiger partial charge in [-0.2, -0.15) is 5.10 Å². The third-order valence-electron chi connectivity index (χ3n) is 7.15. The van der Waals surface area contributed by atoms with Crippen LogP contribution in [0.25, 0.3) is 22.5 Å². The Balaban J connectivity index is 1.78. The van der Waals surface area contributed by atoms with Gasteiger partial charge in [-0.05, 0) is 76.3 Å². The summed E-state index contributed by atoms with van der Waals surface area (Å²) < 4.78 is 2.96. The SMILES string of the molecule is Cc1cccc(-c2nn(C(c3ccccc3)(c3ccccc3)c3ccccc3)c(C)c2-c2ccnc(Br)c2)n1. The molecule has 0 amide bonds. The highest BCUT2D eigenvalue weighted by Crippen LogP contribution is 2.45. The van der Waals surface area contributed by atoms with Crippen molar-refractivity contribution in [3.63, 3.8) is 0 Å². The fourth-order valence-electron chi connectivity index (χ4n) is 5.49. The Bertz CT molecular complexity index is 1630. The van der Waals surface area contributed by atoms with Crippen molar-refractivity contribution in [3.05, 3.63) is 160 Å². The predicted molar refractivity (Wildman–Crippen MR) is 160 cm³/mol. The number of halogens is 1. The molecule has 0 aliphatic carbocycles. The van der Waals surface area contributed by atoms with Gasteiger partial charge in [-0.25, -0.2) is 9.67 Å². The molecular formula is C34H27BrN4. The van der Waals surface area contributed by atoms with Crippen molar-refractivity contribution in [3.8, 4) is 22.5 Å². The van der Waals surface area contributed by atoms with E-state index < -0.39 is 5.54 Å². The lowest BCUT2D eigenvalue weighted by Crippen LogP contribution is -2.39. The van der Waals surface area contributed by atoms with Crippen molar-refractivity contribution in [2.45, 2.75) is 19.4 Å². The molecule has 6 aromatic rings. The smallest absolute Gasteiger partial charge is 0.138 e. The van der Waals surface area contributed by atoms with E-state index in [0.29, 0.717) is 0 Å². The number of benzene rings is 3. The lowest BCUT2D eigenvalue weighted by atomic mass is 9.77. The van der Waals surface area contributed by atoms with Gasteiger partial charge in [0.05, 0.1) is 5.69 Å². The Morgan fingerprint density at radius 2 is 1.23 bits per heavy atom. The number of pyridine rings is 2. The van der Waals surface area contributed by atoms with Gasteiger partial charge in [0.2, 0.25) is 0 Å². The van der Waals surface area contributed by atoms with E-state index in [1.54, 1.807) is 0 Å². The minimum Gasteiger partial charge on any atom is -0.251 e. The summed E-state index contributed by atoms with van der Waals surface area (Å²) in [6.07, 6.45) is 1.82. The average Bonchev–Trinajstić information content (AvgIpc) is 3.32. The van der Waals surface area contributed by atoms with Gasteiger partial charge < -0.3 is 0 Å². The van der Waals surface area contributed by atoms with Crippen molar-refractivity contribution in [2.24, 2.45) is 0 Å². The Hall–Kier alpha value is -4.35. The molecular weight excluding hydrogens is 544 g/mol. The first-order chi connectivity index (χ1) is 19.1. The lowest BCUT2D eigenvalue weighted by Gasteiger charge is -2.37. The number of aromatic nitrogens is 4. The summed E-state index contributed by atoms with van der Waals surface area (Å²) in [5.41, 5.74) is 8.35. The van der Waals surface area contributed by atoms with E-state index in [1.165, 1.54) is 0 Å². The van der Waals surface area contributed by atoms with Gasteiger partial charge in [-0.3, -0.25) is 4.98 Å². The lowest BCUT2D eigenvalue weighted by molar-refractivity contribution is 0.450. The zero-order valence-electron chi connectivity index (χ0n) is 21.8. The molecule has 0 unspecified atom stereocenters. The van der Waals surface area contributed by atoms with Gasteiger partial charge in [-0.1, -0.05) is 97.1 Å². The number of hydrogen-bond acceptors (Lipinski definition) is 3. The van der Waals surface area contributed by atoms with Crippen molar-refractivity contribution < 1.29 is 0 Å². The van der Waals surface area contributed by atoms with E-state index in [-0.39, 0.29) is 0 Å². The van der Waals surface area contributed by atoms with Gasteiger partial charge in [0.1, 0.15) is 15.8 Å². The normalized spacial score (nSPS) is 11.5. The molecule has 3 aromatic heterocycles. The molecule has 190 valence electrons. The molecule has 0 spiro atoms. The zero-order chi connectivity index (χ0) is 26.8. The van der Waals surface area contributed by atoms with Gasteiger partial charge in [-0.15, -0.1) is 0 Å². The van der Waals surface area contributed by atoms with Crippen LogP contribution in [0.2, 0.25) is 0 Å². The summed E-state index contributed by atoms with van der Waals surface area (Å²) in [6, 6.07) is 42.0. The highest BCUT2D eigenvalue weighted by atomic mass is 79.9. The van der Waals surface area contributed by atoms with Gasteiger partial charge in [0, 0.05) is 23.1 Å². The second kappa shape index (κ2) is 10.4. The zero-order valence-corrected chi connectivity index (χ0v) is 23.4. The fraction of sp³-hybridized carbons (Fsp3) is 0.0882. The molecule has 0 saturated carbocycles. The van der Waals surface area contributed by atoms with Gasteiger partial charge in [0.25, 0.3) is 0 Å². The Labute approximate surface area is 237 Å². The summed E-state index contributed by atoms with van der Waals surface area (Å²) >= 11 is 3.58. The monoisotopic (exact) mass is 570 g/mol. The summed E-state index contributed by atoms with van der Waals surface area (Å²) in [6.45, 7) is 4.16. The van der Waals surface area contributed by atoms with Crippen molar-refractivity contribution in [1.82, 2.24) is 19.7 Å². The van der Waals surface area contributed by atoms with Crippen LogP contribution >= 0.6 is 15.9 Å². The standard InChI is InChI=1S/C34H27BrN4/c1-24-13-12-20-30(37-24)33-32(26-21-22-36-31(35)23-26)25(2)39(38-33)34(27-14-6-3-7-15-27,28-16-8-4-9-17-28)29-18-10-5-11-19-29/h3-23H,1-2H3. The summed E-state index contributed by atoms with van der Waals surface area (Å²) in [5, 5.41) is 5.45. The molecule has 0 aliphatic rings. The molecule has 0 N–H and O–H groups in total. The summed E-state index contributed by atoms with van der Waals surface area (Å²) in [7, 11) is 0. The Kier molecular flexibility index (Phi) is 6.67. The molecule has 0 aliphatic heterocycles.